The van der Waals surface area contributed by atoms with E-state index in [1.165, 1.54) is 0 Å². The topological polar surface area (TPSA) is 72.0 Å². The summed E-state index contributed by atoms with van der Waals surface area (Å²) in [4.78, 5) is 4.02. The molecule has 0 aliphatic carbocycles. The fraction of sp³-hybridized carbons (Fsp3) is 0.455. The van der Waals surface area contributed by atoms with Crippen molar-refractivity contribution in [1.29, 1.82) is 5.41 Å². The van der Waals surface area contributed by atoms with E-state index in [1.54, 1.807) is 18.3 Å². The molecule has 1 unspecified atom stereocenters. The minimum atomic E-state index is -0.0249. The number of nitrogen functional groups attached to an aromatic ring is 1. The Morgan fingerprint density at radius 3 is 2.80 bits per heavy atom. The van der Waals surface area contributed by atoms with Gasteiger partial charge in [-0.25, -0.2) is 4.98 Å². The predicted octanol–water partition coefficient (Wildman–Crippen LogP) is 1.93. The molecule has 0 spiro atoms. The number of pyridine rings is 1. The van der Waals surface area contributed by atoms with Crippen LogP contribution in [-0.4, -0.2) is 16.9 Å². The summed E-state index contributed by atoms with van der Waals surface area (Å²) in [7, 11) is 0. The first-order valence-electron chi connectivity index (χ1n) is 5.10. The molecule has 1 aromatic heterocycles. The van der Waals surface area contributed by atoms with E-state index < -0.39 is 0 Å². The second-order valence-electron chi connectivity index (χ2n) is 3.51. The summed E-state index contributed by atoms with van der Waals surface area (Å²) >= 11 is 0. The molecule has 0 amide bonds. The van der Waals surface area contributed by atoms with Crippen LogP contribution in [0.5, 0.6) is 5.75 Å². The number of nitrogens with one attached hydrogen (secondary N) is 1. The summed E-state index contributed by atoms with van der Waals surface area (Å²) in [5.74, 6) is 0.698. The Morgan fingerprint density at radius 2 is 2.33 bits per heavy atom. The Morgan fingerprint density at radius 1 is 1.60 bits per heavy atom. The molecule has 4 nitrogen and oxygen atoms in total. The van der Waals surface area contributed by atoms with E-state index in [9.17, 15) is 0 Å². The standard InChI is InChI=1S/C11H17N3O/c1-3-4-8(2)15-9-5-6-10(11(12)13)14-7-9/h5-8H,3-4H2,1-2H3,(H3,12,13). The molecule has 0 radical (unpaired) electrons. The number of nitrogens with two attached hydrogens (primary N) is 1. The third-order valence-electron chi connectivity index (χ3n) is 2.04. The number of rotatable bonds is 5. The Hall–Kier alpha value is -1.58. The van der Waals surface area contributed by atoms with E-state index in [4.69, 9.17) is 15.9 Å². The van der Waals surface area contributed by atoms with Crippen LogP contribution >= 0.6 is 0 Å². The van der Waals surface area contributed by atoms with Crippen molar-refractivity contribution in [1.82, 2.24) is 4.98 Å². The van der Waals surface area contributed by atoms with Crippen LogP contribution in [0.3, 0.4) is 0 Å². The summed E-state index contributed by atoms with van der Waals surface area (Å²) in [5, 5.41) is 7.19. The summed E-state index contributed by atoms with van der Waals surface area (Å²) < 4.78 is 5.62. The Kier molecular flexibility index (Phi) is 4.09. The van der Waals surface area contributed by atoms with Gasteiger partial charge in [-0.3, -0.25) is 5.41 Å². The first-order chi connectivity index (χ1) is 7.13. The molecule has 0 aliphatic heterocycles. The molecule has 1 aromatic rings. The van der Waals surface area contributed by atoms with Gasteiger partial charge in [0.25, 0.3) is 0 Å². The van der Waals surface area contributed by atoms with E-state index >= 15 is 0 Å². The Labute approximate surface area is 90.0 Å². The van der Waals surface area contributed by atoms with Gasteiger partial charge in [0.15, 0.2) is 0 Å². The summed E-state index contributed by atoms with van der Waals surface area (Å²) in [6.45, 7) is 4.15. The van der Waals surface area contributed by atoms with Crippen LogP contribution in [0.4, 0.5) is 0 Å². The first kappa shape index (κ1) is 11.5. The van der Waals surface area contributed by atoms with Gasteiger partial charge in [-0.2, -0.15) is 0 Å². The molecule has 1 atom stereocenters. The minimum Gasteiger partial charge on any atom is -0.489 e. The van der Waals surface area contributed by atoms with Crippen molar-refractivity contribution in [2.45, 2.75) is 32.8 Å². The molecule has 1 heterocycles. The number of ether oxygens (including phenoxy) is 1. The summed E-state index contributed by atoms with van der Waals surface area (Å²) in [5.41, 5.74) is 5.77. The normalized spacial score (nSPS) is 12.1. The van der Waals surface area contributed by atoms with Crippen molar-refractivity contribution in [2.24, 2.45) is 5.73 Å². The molecule has 15 heavy (non-hydrogen) atoms. The van der Waals surface area contributed by atoms with Crippen molar-refractivity contribution < 1.29 is 4.74 Å². The van der Waals surface area contributed by atoms with Crippen molar-refractivity contribution in [2.75, 3.05) is 0 Å². The SMILES string of the molecule is CCCC(C)Oc1ccc(C(=N)N)nc1. The number of nitrogens with zero attached hydrogens (tertiary/aromatic N) is 1. The van der Waals surface area contributed by atoms with Gasteiger partial charge in [0.2, 0.25) is 0 Å². The van der Waals surface area contributed by atoms with Crippen molar-refractivity contribution in [3.8, 4) is 5.75 Å². The maximum Gasteiger partial charge on any atom is 0.141 e. The zero-order valence-electron chi connectivity index (χ0n) is 9.16. The molecule has 0 aliphatic rings. The van der Waals surface area contributed by atoms with E-state index in [1.807, 2.05) is 6.92 Å². The highest BCUT2D eigenvalue weighted by Gasteiger charge is 2.03. The lowest BCUT2D eigenvalue weighted by molar-refractivity contribution is 0.209. The fourth-order valence-corrected chi connectivity index (χ4v) is 1.31. The summed E-state index contributed by atoms with van der Waals surface area (Å²) in [6, 6.07) is 3.48. The van der Waals surface area contributed by atoms with Crippen LogP contribution in [0.15, 0.2) is 18.3 Å². The third kappa shape index (κ3) is 3.58. The molecule has 0 saturated carbocycles. The van der Waals surface area contributed by atoms with Crippen molar-refractivity contribution in [3.63, 3.8) is 0 Å². The number of hydrogen-bond acceptors (Lipinski definition) is 3. The third-order valence-corrected chi connectivity index (χ3v) is 2.04. The van der Waals surface area contributed by atoms with Crippen LogP contribution in [0.1, 0.15) is 32.4 Å². The summed E-state index contributed by atoms with van der Waals surface area (Å²) in [6.07, 6.45) is 3.91. The smallest absolute Gasteiger partial charge is 0.141 e. The predicted molar refractivity (Wildman–Crippen MR) is 60.3 cm³/mol. The molecule has 0 aromatic carbocycles. The van der Waals surface area contributed by atoms with Crippen LogP contribution in [0.2, 0.25) is 0 Å². The van der Waals surface area contributed by atoms with E-state index in [-0.39, 0.29) is 11.9 Å². The van der Waals surface area contributed by atoms with Crippen molar-refractivity contribution in [3.05, 3.63) is 24.0 Å². The van der Waals surface area contributed by atoms with Gasteiger partial charge < -0.3 is 10.5 Å². The number of hydrogen-bond donors (Lipinski definition) is 2. The van der Waals surface area contributed by atoms with Crippen LogP contribution in [0, 0.1) is 5.41 Å². The second kappa shape index (κ2) is 5.34. The second-order valence-corrected chi connectivity index (χ2v) is 3.51. The molecule has 0 fully saturated rings. The molecule has 3 N–H and O–H groups in total. The molecular weight excluding hydrogens is 190 g/mol. The van der Waals surface area contributed by atoms with Crippen molar-refractivity contribution >= 4 is 5.84 Å². The molecular formula is C11H17N3O. The van der Waals surface area contributed by atoms with Gasteiger partial charge in [-0.05, 0) is 25.5 Å². The van der Waals surface area contributed by atoms with Gasteiger partial charge in [0.1, 0.15) is 17.3 Å². The van der Waals surface area contributed by atoms with Gasteiger partial charge in [0.05, 0.1) is 12.3 Å². The van der Waals surface area contributed by atoms with Crippen LogP contribution < -0.4 is 10.5 Å². The zero-order chi connectivity index (χ0) is 11.3. The lowest BCUT2D eigenvalue weighted by Gasteiger charge is -2.13. The van der Waals surface area contributed by atoms with E-state index in [2.05, 4.69) is 11.9 Å². The van der Waals surface area contributed by atoms with Crippen LogP contribution in [0.25, 0.3) is 0 Å². The largest absolute Gasteiger partial charge is 0.489 e. The average molecular weight is 207 g/mol. The van der Waals surface area contributed by atoms with Crippen LogP contribution in [-0.2, 0) is 0 Å². The lowest BCUT2D eigenvalue weighted by Crippen LogP contribution is -2.14. The van der Waals surface area contributed by atoms with Gasteiger partial charge in [-0.1, -0.05) is 13.3 Å². The Balaban J connectivity index is 2.60. The van der Waals surface area contributed by atoms with Gasteiger partial charge >= 0.3 is 0 Å². The molecule has 4 heteroatoms. The quantitative estimate of drug-likeness (QED) is 0.572. The lowest BCUT2D eigenvalue weighted by atomic mass is 10.2. The fourth-order valence-electron chi connectivity index (χ4n) is 1.31. The highest BCUT2D eigenvalue weighted by Crippen LogP contribution is 2.13. The maximum atomic E-state index is 7.19. The first-order valence-corrected chi connectivity index (χ1v) is 5.10. The highest BCUT2D eigenvalue weighted by atomic mass is 16.5. The zero-order valence-corrected chi connectivity index (χ0v) is 9.16. The monoisotopic (exact) mass is 207 g/mol. The number of amidine groups is 1. The number of aromatic nitrogens is 1. The molecule has 1 rings (SSSR count). The van der Waals surface area contributed by atoms with Gasteiger partial charge in [-0.15, -0.1) is 0 Å². The minimum absolute atomic E-state index is 0.0249. The average Bonchev–Trinajstić information content (AvgIpc) is 2.18. The van der Waals surface area contributed by atoms with Gasteiger partial charge in [0, 0.05) is 0 Å². The maximum absolute atomic E-state index is 7.19. The van der Waals surface area contributed by atoms with E-state index in [0.29, 0.717) is 5.69 Å². The molecule has 0 saturated heterocycles. The highest BCUT2D eigenvalue weighted by molar-refractivity contribution is 5.92. The van der Waals surface area contributed by atoms with E-state index in [0.717, 1.165) is 18.6 Å². The molecule has 0 bridgehead atoms. The molecule has 82 valence electrons. The Bertz CT molecular complexity index is 321.